The van der Waals surface area contributed by atoms with Gasteiger partial charge in [-0.05, 0) is 18.3 Å². The fraction of sp³-hybridized carbons (Fsp3) is 0.917. The lowest BCUT2D eigenvalue weighted by molar-refractivity contribution is -0.136. The Balaban J connectivity index is 1.92. The quantitative estimate of drug-likeness (QED) is 0.663. The Labute approximate surface area is 97.8 Å². The third-order valence-electron chi connectivity index (χ3n) is 3.52. The van der Waals surface area contributed by atoms with Crippen molar-refractivity contribution in [3.63, 3.8) is 0 Å². The second-order valence-corrected chi connectivity index (χ2v) is 5.40. The monoisotopic (exact) mass is 225 g/mol. The molecule has 92 valence electrons. The molecule has 2 aliphatic heterocycles. The van der Waals surface area contributed by atoms with Gasteiger partial charge in [-0.15, -0.1) is 0 Å². The van der Waals surface area contributed by atoms with Gasteiger partial charge in [0.2, 0.25) is 5.91 Å². The molecule has 0 aromatic heterocycles. The van der Waals surface area contributed by atoms with Gasteiger partial charge in [0.1, 0.15) is 0 Å². The topological polar surface area (TPSA) is 44.4 Å². The number of likely N-dealkylation sites (tertiary alicyclic amines) is 1. The Morgan fingerprint density at radius 2 is 1.88 bits per heavy atom. The summed E-state index contributed by atoms with van der Waals surface area (Å²) in [6.45, 7) is 8.98. The molecule has 3 unspecified atom stereocenters. The molecule has 0 radical (unpaired) electrons. The van der Waals surface area contributed by atoms with Crippen LogP contribution in [-0.2, 0) is 4.79 Å². The van der Waals surface area contributed by atoms with Crippen LogP contribution in [0.5, 0.6) is 0 Å². The van der Waals surface area contributed by atoms with E-state index < -0.39 is 0 Å². The molecule has 2 heterocycles. The first kappa shape index (κ1) is 11.9. The van der Waals surface area contributed by atoms with Crippen LogP contribution in [0.2, 0.25) is 0 Å². The van der Waals surface area contributed by atoms with E-state index in [1.807, 2.05) is 4.90 Å². The van der Waals surface area contributed by atoms with Gasteiger partial charge in [0.15, 0.2) is 0 Å². The van der Waals surface area contributed by atoms with Gasteiger partial charge in [-0.2, -0.15) is 0 Å². The second-order valence-electron chi connectivity index (χ2n) is 5.40. The summed E-state index contributed by atoms with van der Waals surface area (Å²) in [5.41, 5.74) is 0. The van der Waals surface area contributed by atoms with E-state index in [0.29, 0.717) is 11.8 Å². The van der Waals surface area contributed by atoms with E-state index in [9.17, 15) is 4.79 Å². The minimum atomic E-state index is -0.00810. The number of nitrogens with zero attached hydrogens (tertiary/aromatic N) is 1. The lowest BCUT2D eigenvalue weighted by Gasteiger charge is -2.38. The molecule has 16 heavy (non-hydrogen) atoms. The molecule has 2 N–H and O–H groups in total. The van der Waals surface area contributed by atoms with Crippen molar-refractivity contribution in [1.82, 2.24) is 15.5 Å². The SMILES string of the molecule is CC1CC(C)CN(C(=O)C2CNCCN2)C1. The molecule has 2 saturated heterocycles. The first-order valence-electron chi connectivity index (χ1n) is 6.39. The van der Waals surface area contributed by atoms with Gasteiger partial charge in [0, 0.05) is 32.7 Å². The number of hydrogen-bond acceptors (Lipinski definition) is 3. The highest BCUT2D eigenvalue weighted by atomic mass is 16.2. The molecular weight excluding hydrogens is 202 g/mol. The summed E-state index contributed by atoms with van der Waals surface area (Å²) >= 11 is 0. The number of rotatable bonds is 1. The Kier molecular flexibility index (Phi) is 3.82. The van der Waals surface area contributed by atoms with Crippen molar-refractivity contribution < 1.29 is 4.79 Å². The van der Waals surface area contributed by atoms with Crippen LogP contribution in [0.15, 0.2) is 0 Å². The van der Waals surface area contributed by atoms with Gasteiger partial charge in [0.05, 0.1) is 6.04 Å². The average Bonchev–Trinajstić information content (AvgIpc) is 2.28. The number of amides is 1. The van der Waals surface area contributed by atoms with Crippen LogP contribution in [0.1, 0.15) is 20.3 Å². The molecule has 2 aliphatic rings. The van der Waals surface area contributed by atoms with Crippen LogP contribution in [0, 0.1) is 11.8 Å². The van der Waals surface area contributed by atoms with Crippen LogP contribution >= 0.6 is 0 Å². The highest BCUT2D eigenvalue weighted by Gasteiger charge is 2.30. The number of nitrogens with one attached hydrogen (secondary N) is 2. The van der Waals surface area contributed by atoms with E-state index in [1.165, 1.54) is 6.42 Å². The molecule has 4 heteroatoms. The zero-order valence-corrected chi connectivity index (χ0v) is 10.3. The molecule has 0 aromatic carbocycles. The van der Waals surface area contributed by atoms with Crippen molar-refractivity contribution in [1.29, 1.82) is 0 Å². The Bertz CT molecular complexity index is 241. The molecule has 3 atom stereocenters. The molecule has 1 amide bonds. The first-order valence-corrected chi connectivity index (χ1v) is 6.39. The van der Waals surface area contributed by atoms with E-state index in [4.69, 9.17) is 0 Å². The summed E-state index contributed by atoms with van der Waals surface area (Å²) < 4.78 is 0. The molecule has 4 nitrogen and oxygen atoms in total. The van der Waals surface area contributed by atoms with Crippen molar-refractivity contribution in [3.8, 4) is 0 Å². The summed E-state index contributed by atoms with van der Waals surface area (Å²) in [6, 6.07) is -0.00810. The maximum absolute atomic E-state index is 12.3. The number of carbonyl (C=O) groups is 1. The van der Waals surface area contributed by atoms with Crippen molar-refractivity contribution >= 4 is 5.91 Å². The summed E-state index contributed by atoms with van der Waals surface area (Å²) in [5.74, 6) is 1.57. The molecule has 2 rings (SSSR count). The van der Waals surface area contributed by atoms with Crippen molar-refractivity contribution in [2.75, 3.05) is 32.7 Å². The van der Waals surface area contributed by atoms with Crippen LogP contribution in [0.25, 0.3) is 0 Å². The highest BCUT2D eigenvalue weighted by molar-refractivity contribution is 5.82. The average molecular weight is 225 g/mol. The lowest BCUT2D eigenvalue weighted by Crippen LogP contribution is -2.58. The van der Waals surface area contributed by atoms with Crippen molar-refractivity contribution in [2.24, 2.45) is 11.8 Å². The minimum absolute atomic E-state index is 0.00810. The standard InChI is InChI=1S/C12H23N3O/c1-9-5-10(2)8-15(7-9)12(16)11-6-13-3-4-14-11/h9-11,13-14H,3-8H2,1-2H3. The van der Waals surface area contributed by atoms with Crippen LogP contribution in [-0.4, -0.2) is 49.6 Å². The third-order valence-corrected chi connectivity index (χ3v) is 3.52. The summed E-state index contributed by atoms with van der Waals surface area (Å²) in [6.07, 6.45) is 1.25. The van der Waals surface area contributed by atoms with Gasteiger partial charge in [-0.25, -0.2) is 0 Å². The summed E-state index contributed by atoms with van der Waals surface area (Å²) in [7, 11) is 0. The van der Waals surface area contributed by atoms with Crippen molar-refractivity contribution in [2.45, 2.75) is 26.3 Å². The number of piperidine rings is 1. The van der Waals surface area contributed by atoms with Gasteiger partial charge >= 0.3 is 0 Å². The normalized spacial score (nSPS) is 36.1. The maximum Gasteiger partial charge on any atom is 0.241 e. The van der Waals surface area contributed by atoms with Crippen molar-refractivity contribution in [3.05, 3.63) is 0 Å². The smallest absolute Gasteiger partial charge is 0.241 e. The van der Waals surface area contributed by atoms with E-state index in [-0.39, 0.29) is 11.9 Å². The largest absolute Gasteiger partial charge is 0.341 e. The number of piperazine rings is 1. The summed E-state index contributed by atoms with van der Waals surface area (Å²) in [5, 5.41) is 6.56. The molecule has 0 spiro atoms. The van der Waals surface area contributed by atoms with E-state index in [0.717, 1.165) is 32.7 Å². The molecule has 0 saturated carbocycles. The predicted molar refractivity (Wildman–Crippen MR) is 64.2 cm³/mol. The number of hydrogen-bond donors (Lipinski definition) is 2. The zero-order valence-electron chi connectivity index (χ0n) is 10.3. The second kappa shape index (κ2) is 5.15. The molecule has 2 fully saturated rings. The molecular formula is C12H23N3O. The third kappa shape index (κ3) is 2.74. The Morgan fingerprint density at radius 1 is 1.19 bits per heavy atom. The minimum Gasteiger partial charge on any atom is -0.341 e. The van der Waals surface area contributed by atoms with Crippen LogP contribution < -0.4 is 10.6 Å². The Hall–Kier alpha value is -0.610. The van der Waals surface area contributed by atoms with Crippen LogP contribution in [0.4, 0.5) is 0 Å². The highest BCUT2D eigenvalue weighted by Crippen LogP contribution is 2.21. The predicted octanol–water partition coefficient (Wildman–Crippen LogP) is 0.0523. The number of carbonyl (C=O) groups excluding carboxylic acids is 1. The molecule has 0 aliphatic carbocycles. The van der Waals surface area contributed by atoms with Gasteiger partial charge in [-0.1, -0.05) is 13.8 Å². The maximum atomic E-state index is 12.3. The van der Waals surface area contributed by atoms with Gasteiger partial charge < -0.3 is 15.5 Å². The fourth-order valence-electron chi connectivity index (χ4n) is 2.89. The van der Waals surface area contributed by atoms with E-state index in [2.05, 4.69) is 24.5 Å². The zero-order chi connectivity index (χ0) is 11.5. The van der Waals surface area contributed by atoms with E-state index in [1.54, 1.807) is 0 Å². The lowest BCUT2D eigenvalue weighted by atomic mass is 9.91. The summed E-state index contributed by atoms with van der Waals surface area (Å²) in [4.78, 5) is 14.3. The first-order chi connectivity index (χ1) is 7.66. The van der Waals surface area contributed by atoms with Gasteiger partial charge in [0.25, 0.3) is 0 Å². The van der Waals surface area contributed by atoms with Gasteiger partial charge in [-0.3, -0.25) is 4.79 Å². The van der Waals surface area contributed by atoms with Crippen LogP contribution in [0.3, 0.4) is 0 Å². The van der Waals surface area contributed by atoms with E-state index >= 15 is 0 Å². The molecule has 0 aromatic rings. The fourth-order valence-corrected chi connectivity index (χ4v) is 2.89. The Morgan fingerprint density at radius 3 is 2.44 bits per heavy atom. The molecule has 0 bridgehead atoms.